The van der Waals surface area contributed by atoms with E-state index in [1.807, 2.05) is 17.0 Å². The minimum atomic E-state index is -0.192. The summed E-state index contributed by atoms with van der Waals surface area (Å²) in [4.78, 5) is 32.6. The van der Waals surface area contributed by atoms with Gasteiger partial charge in [-0.1, -0.05) is 26.0 Å². The number of nitrogens with zero attached hydrogens (tertiary/aromatic N) is 3. The van der Waals surface area contributed by atoms with Crippen molar-refractivity contribution < 1.29 is 9.59 Å². The van der Waals surface area contributed by atoms with E-state index in [4.69, 9.17) is 0 Å². The molecule has 3 aliphatic rings. The van der Waals surface area contributed by atoms with Crippen LogP contribution in [0, 0.1) is 5.92 Å². The molecule has 0 N–H and O–H groups in total. The Hall–Kier alpha value is -1.88. The van der Waals surface area contributed by atoms with E-state index in [2.05, 4.69) is 35.8 Å². The Kier molecular flexibility index (Phi) is 5.72. The summed E-state index contributed by atoms with van der Waals surface area (Å²) in [6, 6.07) is 8.96. The van der Waals surface area contributed by atoms with E-state index in [-0.39, 0.29) is 17.7 Å². The Morgan fingerprint density at radius 3 is 2.25 bits per heavy atom. The van der Waals surface area contributed by atoms with E-state index < -0.39 is 0 Å². The molecule has 1 aromatic carbocycles. The summed E-state index contributed by atoms with van der Waals surface area (Å²) in [7, 11) is 0. The Labute approximate surface area is 168 Å². The Morgan fingerprint density at radius 1 is 1.04 bits per heavy atom. The van der Waals surface area contributed by atoms with Gasteiger partial charge < -0.3 is 14.7 Å². The van der Waals surface area contributed by atoms with Crippen LogP contribution >= 0.6 is 0 Å². The molecule has 0 bridgehead atoms. The third-order valence-corrected chi connectivity index (χ3v) is 6.72. The summed E-state index contributed by atoms with van der Waals surface area (Å²) in [6.07, 6.45) is 5.73. The van der Waals surface area contributed by atoms with Crippen molar-refractivity contribution in [3.05, 3.63) is 29.8 Å². The van der Waals surface area contributed by atoms with Crippen LogP contribution in [0.15, 0.2) is 24.3 Å². The molecule has 0 spiro atoms. The molecule has 1 aliphatic carbocycles. The number of carbonyl (C=O) groups excluding carboxylic acids is 2. The zero-order chi connectivity index (χ0) is 19.7. The normalized spacial score (nSPS) is 24.0. The topological polar surface area (TPSA) is 43.9 Å². The number of amides is 2. The van der Waals surface area contributed by atoms with E-state index in [0.29, 0.717) is 25.0 Å². The van der Waals surface area contributed by atoms with Gasteiger partial charge in [0.15, 0.2) is 0 Å². The molecule has 2 heterocycles. The first kappa shape index (κ1) is 19.4. The standard InChI is InChI=1S/C23H33N3O2/c1-3-17-5-7-19(8-6-17)25-16-18(15-22(25)27)23(28)26(20-9-10-20)21-11-13-24(4-2)14-12-21/h5-8,18,20-21H,3-4,9-16H2,1-2H3. The fourth-order valence-electron chi connectivity index (χ4n) is 4.77. The molecule has 1 aromatic rings. The number of hydrogen-bond donors (Lipinski definition) is 0. The molecule has 0 radical (unpaired) electrons. The van der Waals surface area contributed by atoms with E-state index in [1.54, 1.807) is 0 Å². The predicted molar refractivity (Wildman–Crippen MR) is 111 cm³/mol. The van der Waals surface area contributed by atoms with Crippen molar-refractivity contribution in [2.24, 2.45) is 5.92 Å². The summed E-state index contributed by atoms with van der Waals surface area (Å²) < 4.78 is 0. The lowest BCUT2D eigenvalue weighted by Crippen LogP contribution is -2.50. The first-order valence-electron chi connectivity index (χ1n) is 11.0. The molecule has 4 rings (SSSR count). The average molecular weight is 384 g/mol. The van der Waals surface area contributed by atoms with Crippen LogP contribution in [0.1, 0.15) is 51.5 Å². The highest BCUT2D eigenvalue weighted by atomic mass is 16.2. The molecule has 0 aromatic heterocycles. The van der Waals surface area contributed by atoms with Crippen LogP contribution in [0.4, 0.5) is 5.69 Å². The van der Waals surface area contributed by atoms with Gasteiger partial charge in [-0.2, -0.15) is 0 Å². The summed E-state index contributed by atoms with van der Waals surface area (Å²) in [5, 5.41) is 0. The summed E-state index contributed by atoms with van der Waals surface area (Å²) >= 11 is 0. The second-order valence-electron chi connectivity index (χ2n) is 8.57. The van der Waals surface area contributed by atoms with Crippen LogP contribution in [0.25, 0.3) is 0 Å². The fourth-order valence-corrected chi connectivity index (χ4v) is 4.77. The Morgan fingerprint density at radius 2 is 1.68 bits per heavy atom. The van der Waals surface area contributed by atoms with Crippen LogP contribution in [0.2, 0.25) is 0 Å². The lowest BCUT2D eigenvalue weighted by atomic mass is 9.99. The van der Waals surface area contributed by atoms with Gasteiger partial charge in [0.05, 0.1) is 5.92 Å². The van der Waals surface area contributed by atoms with Crippen LogP contribution in [0.3, 0.4) is 0 Å². The van der Waals surface area contributed by atoms with Gasteiger partial charge in [-0.05, 0) is 56.3 Å². The van der Waals surface area contributed by atoms with Crippen molar-refractivity contribution in [1.82, 2.24) is 9.80 Å². The van der Waals surface area contributed by atoms with Crippen LogP contribution in [0.5, 0.6) is 0 Å². The molecule has 2 amide bonds. The number of rotatable bonds is 6. The van der Waals surface area contributed by atoms with Gasteiger partial charge >= 0.3 is 0 Å². The highest BCUT2D eigenvalue weighted by Gasteiger charge is 2.44. The van der Waals surface area contributed by atoms with Gasteiger partial charge in [-0.15, -0.1) is 0 Å². The molecule has 2 saturated heterocycles. The minimum absolute atomic E-state index is 0.0825. The van der Waals surface area contributed by atoms with Gasteiger partial charge in [-0.3, -0.25) is 9.59 Å². The molecular formula is C23H33N3O2. The third kappa shape index (κ3) is 3.95. The predicted octanol–water partition coefficient (Wildman–Crippen LogP) is 3.08. The van der Waals surface area contributed by atoms with Gasteiger partial charge in [0.25, 0.3) is 0 Å². The molecule has 5 nitrogen and oxygen atoms in total. The Balaban J connectivity index is 1.44. The van der Waals surface area contributed by atoms with Gasteiger partial charge in [0.2, 0.25) is 11.8 Å². The van der Waals surface area contributed by atoms with Crippen LogP contribution in [-0.4, -0.2) is 59.9 Å². The number of anilines is 1. The van der Waals surface area contributed by atoms with Crippen LogP contribution in [-0.2, 0) is 16.0 Å². The lowest BCUT2D eigenvalue weighted by molar-refractivity contribution is -0.139. The minimum Gasteiger partial charge on any atom is -0.336 e. The largest absolute Gasteiger partial charge is 0.336 e. The summed E-state index contributed by atoms with van der Waals surface area (Å²) in [5.41, 5.74) is 2.19. The third-order valence-electron chi connectivity index (χ3n) is 6.72. The zero-order valence-corrected chi connectivity index (χ0v) is 17.3. The molecule has 1 atom stereocenters. The van der Waals surface area contributed by atoms with Crippen molar-refractivity contribution >= 4 is 17.5 Å². The van der Waals surface area contributed by atoms with Gasteiger partial charge in [-0.25, -0.2) is 0 Å². The van der Waals surface area contributed by atoms with Gasteiger partial charge in [0, 0.05) is 43.8 Å². The Bertz CT molecular complexity index is 705. The maximum atomic E-state index is 13.4. The average Bonchev–Trinajstić information content (AvgIpc) is 3.49. The summed E-state index contributed by atoms with van der Waals surface area (Å²) in [6.45, 7) is 8.11. The lowest BCUT2D eigenvalue weighted by Gasteiger charge is -2.39. The van der Waals surface area contributed by atoms with Crippen molar-refractivity contribution in [2.75, 3.05) is 31.1 Å². The van der Waals surface area contributed by atoms with Crippen molar-refractivity contribution in [3.63, 3.8) is 0 Å². The smallest absolute Gasteiger partial charge is 0.228 e. The molecule has 1 unspecified atom stereocenters. The first-order chi connectivity index (χ1) is 13.6. The number of carbonyl (C=O) groups is 2. The molecule has 1 saturated carbocycles. The second kappa shape index (κ2) is 8.24. The monoisotopic (exact) mass is 383 g/mol. The van der Waals surface area contributed by atoms with E-state index in [9.17, 15) is 9.59 Å². The fraction of sp³-hybridized carbons (Fsp3) is 0.652. The molecule has 5 heteroatoms. The number of benzene rings is 1. The molecule has 2 aliphatic heterocycles. The molecular weight excluding hydrogens is 350 g/mol. The zero-order valence-electron chi connectivity index (χ0n) is 17.3. The maximum Gasteiger partial charge on any atom is 0.228 e. The van der Waals surface area contributed by atoms with Crippen molar-refractivity contribution in [1.29, 1.82) is 0 Å². The SMILES string of the molecule is CCc1ccc(N2CC(C(=O)N(C3CC3)C3CCN(CC)CC3)CC2=O)cc1. The van der Waals surface area contributed by atoms with E-state index in [1.165, 1.54) is 5.56 Å². The molecule has 3 fully saturated rings. The van der Waals surface area contributed by atoms with E-state index >= 15 is 0 Å². The summed E-state index contributed by atoms with van der Waals surface area (Å²) in [5.74, 6) is 0.112. The van der Waals surface area contributed by atoms with Gasteiger partial charge in [0.1, 0.15) is 0 Å². The first-order valence-corrected chi connectivity index (χ1v) is 11.0. The molecule has 28 heavy (non-hydrogen) atoms. The number of aryl methyl sites for hydroxylation is 1. The highest BCUT2D eigenvalue weighted by Crippen LogP contribution is 2.35. The van der Waals surface area contributed by atoms with Crippen molar-refractivity contribution in [2.45, 2.75) is 64.5 Å². The molecule has 152 valence electrons. The van der Waals surface area contributed by atoms with E-state index in [0.717, 1.165) is 57.4 Å². The van der Waals surface area contributed by atoms with Crippen LogP contribution < -0.4 is 4.90 Å². The maximum absolute atomic E-state index is 13.4. The van der Waals surface area contributed by atoms with Crippen molar-refractivity contribution in [3.8, 4) is 0 Å². The number of piperidine rings is 1. The number of likely N-dealkylation sites (tertiary alicyclic amines) is 1. The number of hydrogen-bond acceptors (Lipinski definition) is 3. The second-order valence-corrected chi connectivity index (χ2v) is 8.57. The quantitative estimate of drug-likeness (QED) is 0.758. The highest BCUT2D eigenvalue weighted by molar-refractivity contribution is 6.00.